The van der Waals surface area contributed by atoms with E-state index in [0.29, 0.717) is 0 Å². The second kappa shape index (κ2) is 4.84. The lowest BCUT2D eigenvalue weighted by atomic mass is 10.2. The Hall–Kier alpha value is -2.08. The maximum Gasteiger partial charge on any atom is 0.101 e. The standard InChI is InChI=1S/C14H15N3/c1-3-7-17-11(2)13(9-15)8-14(17)12-5-4-6-16-10-12/h4-6,8,10H,3,7H2,1-2H3. The quantitative estimate of drug-likeness (QED) is 0.805. The van der Waals surface area contributed by atoms with Crippen molar-refractivity contribution in [3.63, 3.8) is 0 Å². The van der Waals surface area contributed by atoms with Gasteiger partial charge in [-0.3, -0.25) is 4.98 Å². The SMILES string of the molecule is CCCn1c(-c2cccnc2)cc(C#N)c1C. The molecule has 2 aromatic rings. The van der Waals surface area contributed by atoms with Crippen LogP contribution < -0.4 is 0 Å². The molecule has 0 spiro atoms. The summed E-state index contributed by atoms with van der Waals surface area (Å²) in [5, 5.41) is 9.09. The van der Waals surface area contributed by atoms with Gasteiger partial charge in [0.25, 0.3) is 0 Å². The molecule has 2 rings (SSSR count). The summed E-state index contributed by atoms with van der Waals surface area (Å²) >= 11 is 0. The van der Waals surface area contributed by atoms with Crippen LogP contribution in [0.2, 0.25) is 0 Å². The number of aromatic nitrogens is 2. The van der Waals surface area contributed by atoms with Crippen molar-refractivity contribution >= 4 is 0 Å². The first kappa shape index (κ1) is 11.4. The predicted molar refractivity (Wildman–Crippen MR) is 67.4 cm³/mol. The Kier molecular flexibility index (Phi) is 3.24. The van der Waals surface area contributed by atoms with Gasteiger partial charge < -0.3 is 4.57 Å². The maximum absolute atomic E-state index is 9.09. The number of hydrogen-bond acceptors (Lipinski definition) is 2. The third-order valence-corrected chi connectivity index (χ3v) is 2.89. The molecule has 17 heavy (non-hydrogen) atoms. The normalized spacial score (nSPS) is 10.2. The summed E-state index contributed by atoms with van der Waals surface area (Å²) in [6.07, 6.45) is 4.64. The van der Waals surface area contributed by atoms with Crippen molar-refractivity contribution < 1.29 is 0 Å². The van der Waals surface area contributed by atoms with Crippen LogP contribution in [-0.4, -0.2) is 9.55 Å². The van der Waals surface area contributed by atoms with Crippen molar-refractivity contribution in [1.82, 2.24) is 9.55 Å². The van der Waals surface area contributed by atoms with E-state index in [-0.39, 0.29) is 0 Å². The highest BCUT2D eigenvalue weighted by molar-refractivity contribution is 5.63. The third kappa shape index (κ3) is 2.07. The Morgan fingerprint density at radius 3 is 2.88 bits per heavy atom. The van der Waals surface area contributed by atoms with Crippen molar-refractivity contribution in [1.29, 1.82) is 5.26 Å². The minimum Gasteiger partial charge on any atom is -0.344 e. The Morgan fingerprint density at radius 2 is 2.29 bits per heavy atom. The second-order valence-corrected chi connectivity index (χ2v) is 4.03. The summed E-state index contributed by atoms with van der Waals surface area (Å²) in [4.78, 5) is 4.13. The summed E-state index contributed by atoms with van der Waals surface area (Å²) in [5.74, 6) is 0. The molecule has 0 atom stereocenters. The van der Waals surface area contributed by atoms with E-state index in [0.717, 1.165) is 35.5 Å². The zero-order valence-corrected chi connectivity index (χ0v) is 10.1. The number of nitrogens with zero attached hydrogens (tertiary/aromatic N) is 3. The molecule has 3 nitrogen and oxygen atoms in total. The van der Waals surface area contributed by atoms with Crippen LogP contribution in [0.15, 0.2) is 30.6 Å². The lowest BCUT2D eigenvalue weighted by Gasteiger charge is -2.09. The van der Waals surface area contributed by atoms with Crippen molar-refractivity contribution in [2.24, 2.45) is 0 Å². The summed E-state index contributed by atoms with van der Waals surface area (Å²) in [6.45, 7) is 5.06. The fraction of sp³-hybridized carbons (Fsp3) is 0.286. The van der Waals surface area contributed by atoms with Crippen LogP contribution in [-0.2, 0) is 6.54 Å². The predicted octanol–water partition coefficient (Wildman–Crippen LogP) is 3.14. The maximum atomic E-state index is 9.09. The van der Waals surface area contributed by atoms with Crippen LogP contribution in [0, 0.1) is 18.3 Å². The summed E-state index contributed by atoms with van der Waals surface area (Å²) in [6, 6.07) is 8.13. The van der Waals surface area contributed by atoms with Gasteiger partial charge in [0.05, 0.1) is 11.3 Å². The van der Waals surface area contributed by atoms with Gasteiger partial charge >= 0.3 is 0 Å². The van der Waals surface area contributed by atoms with Crippen molar-refractivity contribution in [2.75, 3.05) is 0 Å². The molecule has 0 amide bonds. The van der Waals surface area contributed by atoms with Gasteiger partial charge in [-0.2, -0.15) is 5.26 Å². The van der Waals surface area contributed by atoms with Gasteiger partial charge in [-0.25, -0.2) is 0 Å². The molecule has 0 radical (unpaired) electrons. The van der Waals surface area contributed by atoms with Gasteiger partial charge in [0.1, 0.15) is 6.07 Å². The Labute approximate surface area is 101 Å². The van der Waals surface area contributed by atoms with Crippen molar-refractivity contribution in [3.8, 4) is 17.3 Å². The number of nitriles is 1. The minimum absolute atomic E-state index is 0.748. The van der Waals surface area contributed by atoms with E-state index in [1.807, 2.05) is 31.3 Å². The molecular formula is C14H15N3. The lowest BCUT2D eigenvalue weighted by molar-refractivity contribution is 0.671. The minimum atomic E-state index is 0.748. The summed E-state index contributed by atoms with van der Waals surface area (Å²) in [7, 11) is 0. The van der Waals surface area contributed by atoms with Gasteiger partial charge in [-0.05, 0) is 31.5 Å². The molecule has 2 aromatic heterocycles. The molecule has 0 N–H and O–H groups in total. The average molecular weight is 225 g/mol. The first-order chi connectivity index (χ1) is 8.27. The van der Waals surface area contributed by atoms with E-state index in [2.05, 4.69) is 22.5 Å². The first-order valence-electron chi connectivity index (χ1n) is 5.78. The van der Waals surface area contributed by atoms with Crippen molar-refractivity contribution in [3.05, 3.63) is 41.9 Å². The third-order valence-electron chi connectivity index (χ3n) is 2.89. The van der Waals surface area contributed by atoms with E-state index in [9.17, 15) is 0 Å². The molecule has 0 saturated heterocycles. The van der Waals surface area contributed by atoms with E-state index >= 15 is 0 Å². The molecule has 0 bridgehead atoms. The van der Waals surface area contributed by atoms with Crippen LogP contribution in [0.4, 0.5) is 0 Å². The lowest BCUT2D eigenvalue weighted by Crippen LogP contribution is -2.01. The summed E-state index contributed by atoms with van der Waals surface area (Å²) in [5.41, 5.74) is 3.92. The molecule has 0 aromatic carbocycles. The molecule has 0 saturated carbocycles. The molecule has 0 unspecified atom stereocenters. The number of rotatable bonds is 3. The van der Waals surface area contributed by atoms with Crippen molar-refractivity contribution in [2.45, 2.75) is 26.8 Å². The van der Waals surface area contributed by atoms with E-state index in [1.165, 1.54) is 0 Å². The van der Waals surface area contributed by atoms with Crippen LogP contribution in [0.25, 0.3) is 11.3 Å². The van der Waals surface area contributed by atoms with Gasteiger partial charge in [-0.15, -0.1) is 0 Å². The fourth-order valence-electron chi connectivity index (χ4n) is 2.02. The smallest absolute Gasteiger partial charge is 0.101 e. The fourth-order valence-corrected chi connectivity index (χ4v) is 2.02. The zero-order chi connectivity index (χ0) is 12.3. The Morgan fingerprint density at radius 1 is 1.47 bits per heavy atom. The van der Waals surface area contributed by atoms with Crippen LogP contribution >= 0.6 is 0 Å². The van der Waals surface area contributed by atoms with Gasteiger partial charge in [0, 0.05) is 30.2 Å². The monoisotopic (exact) mass is 225 g/mol. The van der Waals surface area contributed by atoms with E-state index in [1.54, 1.807) is 6.20 Å². The molecule has 3 heteroatoms. The van der Waals surface area contributed by atoms with Crippen LogP contribution in [0.3, 0.4) is 0 Å². The topological polar surface area (TPSA) is 41.6 Å². The second-order valence-electron chi connectivity index (χ2n) is 4.03. The zero-order valence-electron chi connectivity index (χ0n) is 10.1. The van der Waals surface area contributed by atoms with Gasteiger partial charge in [0.15, 0.2) is 0 Å². The van der Waals surface area contributed by atoms with E-state index < -0.39 is 0 Å². The van der Waals surface area contributed by atoms with E-state index in [4.69, 9.17) is 5.26 Å². The molecule has 0 fully saturated rings. The van der Waals surface area contributed by atoms with Gasteiger partial charge in [0.2, 0.25) is 0 Å². The largest absolute Gasteiger partial charge is 0.344 e. The highest BCUT2D eigenvalue weighted by Gasteiger charge is 2.12. The molecular weight excluding hydrogens is 210 g/mol. The molecule has 0 aliphatic heterocycles. The van der Waals surface area contributed by atoms with Crippen LogP contribution in [0.5, 0.6) is 0 Å². The van der Waals surface area contributed by atoms with Gasteiger partial charge in [-0.1, -0.05) is 6.92 Å². The number of pyridine rings is 1. The highest BCUT2D eigenvalue weighted by atomic mass is 15.0. The number of hydrogen-bond donors (Lipinski definition) is 0. The highest BCUT2D eigenvalue weighted by Crippen LogP contribution is 2.25. The Balaban J connectivity index is 2.58. The molecule has 0 aliphatic rings. The molecule has 86 valence electrons. The molecule has 0 aliphatic carbocycles. The first-order valence-corrected chi connectivity index (χ1v) is 5.78. The molecule has 2 heterocycles. The summed E-state index contributed by atoms with van der Waals surface area (Å²) < 4.78 is 2.19. The van der Waals surface area contributed by atoms with Crippen LogP contribution in [0.1, 0.15) is 24.6 Å². The average Bonchev–Trinajstić information content (AvgIpc) is 2.69. The Bertz CT molecular complexity index is 547.